The summed E-state index contributed by atoms with van der Waals surface area (Å²) in [5.41, 5.74) is 0. The molecule has 1 aliphatic rings. The molecule has 96 valence electrons. The molecular formula is C12H22N4S. The third-order valence-corrected chi connectivity index (χ3v) is 4.08. The Kier molecular flexibility index (Phi) is 4.34. The van der Waals surface area contributed by atoms with Gasteiger partial charge in [0.15, 0.2) is 0 Å². The highest BCUT2D eigenvalue weighted by Gasteiger charge is 2.20. The van der Waals surface area contributed by atoms with Crippen LogP contribution in [0.4, 0.5) is 5.13 Å². The summed E-state index contributed by atoms with van der Waals surface area (Å²) in [5, 5.41) is 7.86. The van der Waals surface area contributed by atoms with Gasteiger partial charge in [-0.25, -0.2) is 4.98 Å². The van der Waals surface area contributed by atoms with Crippen molar-refractivity contribution < 1.29 is 0 Å². The van der Waals surface area contributed by atoms with E-state index in [0.29, 0.717) is 18.0 Å². The van der Waals surface area contributed by atoms with Crippen molar-refractivity contribution in [2.75, 3.05) is 12.4 Å². The molecule has 1 heterocycles. The molecule has 0 atom stereocenters. The number of aromatic nitrogens is 2. The van der Waals surface area contributed by atoms with Crippen LogP contribution in [-0.4, -0.2) is 28.5 Å². The Morgan fingerprint density at radius 2 is 1.82 bits per heavy atom. The lowest BCUT2D eigenvalue weighted by Gasteiger charge is -2.28. The highest BCUT2D eigenvalue weighted by Crippen LogP contribution is 2.24. The van der Waals surface area contributed by atoms with E-state index in [-0.39, 0.29) is 0 Å². The first kappa shape index (κ1) is 12.8. The van der Waals surface area contributed by atoms with E-state index in [1.807, 2.05) is 0 Å². The Bertz CT molecular complexity index is 342. The second-order valence-electron chi connectivity index (χ2n) is 5.09. The zero-order valence-corrected chi connectivity index (χ0v) is 11.7. The van der Waals surface area contributed by atoms with Gasteiger partial charge in [-0.15, -0.1) is 0 Å². The maximum atomic E-state index is 4.52. The molecule has 1 saturated carbocycles. The lowest BCUT2D eigenvalue weighted by molar-refractivity contribution is 0.371. The van der Waals surface area contributed by atoms with Crippen LogP contribution in [0.2, 0.25) is 0 Å². The van der Waals surface area contributed by atoms with Gasteiger partial charge in [-0.2, -0.15) is 4.37 Å². The molecule has 1 aromatic rings. The van der Waals surface area contributed by atoms with E-state index in [2.05, 4.69) is 40.9 Å². The summed E-state index contributed by atoms with van der Waals surface area (Å²) < 4.78 is 4.37. The van der Waals surface area contributed by atoms with Gasteiger partial charge in [0.25, 0.3) is 0 Å². The third-order valence-electron chi connectivity index (χ3n) is 3.42. The van der Waals surface area contributed by atoms with Crippen LogP contribution in [0.1, 0.15) is 51.3 Å². The Morgan fingerprint density at radius 1 is 1.18 bits per heavy atom. The number of nitrogens with one attached hydrogen (secondary N) is 2. The second-order valence-corrected chi connectivity index (χ2v) is 5.85. The van der Waals surface area contributed by atoms with Crippen LogP contribution < -0.4 is 10.6 Å². The molecule has 0 unspecified atom stereocenters. The predicted octanol–water partition coefficient (Wildman–Crippen LogP) is 2.60. The monoisotopic (exact) mass is 254 g/mol. The number of hydrogen-bond donors (Lipinski definition) is 2. The van der Waals surface area contributed by atoms with Gasteiger partial charge in [0.2, 0.25) is 5.13 Å². The average molecular weight is 254 g/mol. The highest BCUT2D eigenvalue weighted by molar-refractivity contribution is 7.09. The highest BCUT2D eigenvalue weighted by atomic mass is 32.1. The first-order valence-corrected chi connectivity index (χ1v) is 7.23. The third kappa shape index (κ3) is 3.39. The molecule has 17 heavy (non-hydrogen) atoms. The molecule has 0 aliphatic heterocycles. The molecule has 2 rings (SSSR count). The number of rotatable bonds is 4. The van der Waals surface area contributed by atoms with Crippen molar-refractivity contribution in [3.8, 4) is 0 Å². The molecule has 5 heteroatoms. The van der Waals surface area contributed by atoms with E-state index in [9.17, 15) is 0 Å². The standard InChI is InChI=1S/C12H22N4S/c1-8(2)11-15-12(17-16-11)14-10-6-4-9(13-3)5-7-10/h8-10,13H,4-7H2,1-3H3,(H,14,15,16). The Balaban J connectivity index is 1.84. The Hall–Kier alpha value is -0.680. The van der Waals surface area contributed by atoms with Crippen molar-refractivity contribution in [2.24, 2.45) is 0 Å². The molecule has 0 amide bonds. The molecule has 2 N–H and O–H groups in total. The van der Waals surface area contributed by atoms with E-state index in [0.717, 1.165) is 11.0 Å². The normalized spacial score (nSPS) is 25.2. The maximum Gasteiger partial charge on any atom is 0.202 e. The molecular weight excluding hydrogens is 232 g/mol. The van der Waals surface area contributed by atoms with Gasteiger partial charge in [-0.3, -0.25) is 0 Å². The number of nitrogens with zero attached hydrogens (tertiary/aromatic N) is 2. The molecule has 0 radical (unpaired) electrons. The minimum atomic E-state index is 0.418. The maximum absolute atomic E-state index is 4.52. The van der Waals surface area contributed by atoms with Crippen molar-refractivity contribution in [3.63, 3.8) is 0 Å². The lowest BCUT2D eigenvalue weighted by atomic mass is 9.91. The number of anilines is 1. The Morgan fingerprint density at radius 3 is 2.35 bits per heavy atom. The van der Waals surface area contributed by atoms with Crippen molar-refractivity contribution in [2.45, 2.75) is 57.5 Å². The summed E-state index contributed by atoms with van der Waals surface area (Å²) in [6, 6.07) is 1.28. The summed E-state index contributed by atoms with van der Waals surface area (Å²) in [6.07, 6.45) is 4.96. The van der Waals surface area contributed by atoms with Crippen LogP contribution in [0.25, 0.3) is 0 Å². The van der Waals surface area contributed by atoms with Gasteiger partial charge in [-0.05, 0) is 32.7 Å². The van der Waals surface area contributed by atoms with Gasteiger partial charge in [0, 0.05) is 29.5 Å². The van der Waals surface area contributed by atoms with Gasteiger partial charge < -0.3 is 10.6 Å². The molecule has 0 bridgehead atoms. The quantitative estimate of drug-likeness (QED) is 0.867. The number of hydrogen-bond acceptors (Lipinski definition) is 5. The first-order chi connectivity index (χ1) is 8.19. The van der Waals surface area contributed by atoms with Crippen molar-refractivity contribution >= 4 is 16.7 Å². The van der Waals surface area contributed by atoms with E-state index in [1.54, 1.807) is 0 Å². The average Bonchev–Trinajstić information content (AvgIpc) is 2.79. The molecule has 4 nitrogen and oxygen atoms in total. The van der Waals surface area contributed by atoms with Gasteiger partial charge >= 0.3 is 0 Å². The van der Waals surface area contributed by atoms with Crippen molar-refractivity contribution in [1.82, 2.24) is 14.7 Å². The van der Waals surface area contributed by atoms with E-state index >= 15 is 0 Å². The summed E-state index contributed by atoms with van der Waals surface area (Å²) >= 11 is 1.49. The van der Waals surface area contributed by atoms with Gasteiger partial charge in [-0.1, -0.05) is 13.8 Å². The van der Waals surface area contributed by atoms with Crippen molar-refractivity contribution in [3.05, 3.63) is 5.82 Å². The lowest BCUT2D eigenvalue weighted by Crippen LogP contribution is -2.34. The summed E-state index contributed by atoms with van der Waals surface area (Å²) in [6.45, 7) is 4.26. The molecule has 1 fully saturated rings. The zero-order chi connectivity index (χ0) is 12.3. The van der Waals surface area contributed by atoms with Crippen LogP contribution in [0.5, 0.6) is 0 Å². The van der Waals surface area contributed by atoms with Gasteiger partial charge in [0.1, 0.15) is 5.82 Å². The zero-order valence-electron chi connectivity index (χ0n) is 10.9. The van der Waals surface area contributed by atoms with Crippen LogP contribution in [-0.2, 0) is 0 Å². The molecule has 0 saturated heterocycles. The molecule has 1 aliphatic carbocycles. The summed E-state index contributed by atoms with van der Waals surface area (Å²) in [7, 11) is 2.05. The fourth-order valence-corrected chi connectivity index (χ4v) is 3.01. The Labute approximate surface area is 107 Å². The van der Waals surface area contributed by atoms with Crippen LogP contribution >= 0.6 is 11.5 Å². The first-order valence-electron chi connectivity index (χ1n) is 6.46. The summed E-state index contributed by atoms with van der Waals surface area (Å²) in [5.74, 6) is 1.38. The van der Waals surface area contributed by atoms with Crippen LogP contribution in [0.15, 0.2) is 0 Å². The SMILES string of the molecule is CNC1CCC(Nc2nc(C(C)C)ns2)CC1. The van der Waals surface area contributed by atoms with Gasteiger partial charge in [0.05, 0.1) is 0 Å². The fraction of sp³-hybridized carbons (Fsp3) is 0.833. The van der Waals surface area contributed by atoms with E-state index in [1.165, 1.54) is 37.2 Å². The fourth-order valence-electron chi connectivity index (χ4n) is 2.23. The summed E-state index contributed by atoms with van der Waals surface area (Å²) in [4.78, 5) is 4.52. The van der Waals surface area contributed by atoms with E-state index < -0.39 is 0 Å². The topological polar surface area (TPSA) is 49.8 Å². The second kappa shape index (κ2) is 5.78. The van der Waals surface area contributed by atoms with Crippen LogP contribution in [0.3, 0.4) is 0 Å². The minimum Gasteiger partial charge on any atom is -0.358 e. The van der Waals surface area contributed by atoms with Crippen LogP contribution in [0, 0.1) is 0 Å². The predicted molar refractivity (Wildman–Crippen MR) is 72.7 cm³/mol. The molecule has 0 aromatic carbocycles. The van der Waals surface area contributed by atoms with E-state index in [4.69, 9.17) is 0 Å². The van der Waals surface area contributed by atoms with Crippen molar-refractivity contribution in [1.29, 1.82) is 0 Å². The minimum absolute atomic E-state index is 0.418. The molecule has 1 aromatic heterocycles. The smallest absolute Gasteiger partial charge is 0.202 e. The molecule has 0 spiro atoms. The largest absolute Gasteiger partial charge is 0.358 e.